The average Bonchev–Trinajstić information content (AvgIpc) is 2.85. The van der Waals surface area contributed by atoms with Crippen LogP contribution in [0.5, 0.6) is 5.75 Å². The standard InChI is InChI=1S/C27H31N5O5S/c1-18(29-25-17-24(30-19(2)31-25)21-10-7-11-22(15-21)36-6)20-9-8-12-23(16-20)38(34,35)32(14-13-28)26(33)37-27(3,4)5/h7-12,15-18H,14H2,1-6H3,(H,29,30,31). The Kier molecular flexibility index (Phi) is 8.58. The second-order valence-corrected chi connectivity index (χ2v) is 11.4. The highest BCUT2D eigenvalue weighted by molar-refractivity contribution is 7.89. The van der Waals surface area contributed by atoms with E-state index in [0.29, 0.717) is 33.0 Å². The van der Waals surface area contributed by atoms with Gasteiger partial charge in [0.25, 0.3) is 10.0 Å². The van der Waals surface area contributed by atoms with Crippen LogP contribution in [0.3, 0.4) is 0 Å². The van der Waals surface area contributed by atoms with Crippen molar-refractivity contribution in [1.29, 1.82) is 5.26 Å². The van der Waals surface area contributed by atoms with Crippen LogP contribution in [0.4, 0.5) is 10.6 Å². The molecule has 1 N–H and O–H groups in total. The Morgan fingerprint density at radius 2 is 1.84 bits per heavy atom. The molecule has 3 rings (SSSR count). The molecule has 1 heterocycles. The van der Waals surface area contributed by atoms with Crippen LogP contribution in [-0.2, 0) is 14.8 Å². The zero-order valence-corrected chi connectivity index (χ0v) is 23.0. The molecule has 1 atom stereocenters. The van der Waals surface area contributed by atoms with Gasteiger partial charge in [-0.15, -0.1) is 0 Å². The van der Waals surface area contributed by atoms with Gasteiger partial charge >= 0.3 is 6.09 Å². The van der Waals surface area contributed by atoms with Crippen molar-refractivity contribution in [2.45, 2.75) is 51.2 Å². The molecule has 0 aliphatic rings. The van der Waals surface area contributed by atoms with E-state index in [0.717, 1.165) is 5.56 Å². The molecule has 2 aromatic carbocycles. The first-order valence-corrected chi connectivity index (χ1v) is 13.3. The Morgan fingerprint density at radius 3 is 2.50 bits per heavy atom. The molecule has 10 nitrogen and oxygen atoms in total. The third kappa shape index (κ3) is 6.98. The second kappa shape index (κ2) is 11.5. The van der Waals surface area contributed by atoms with Crippen molar-refractivity contribution < 1.29 is 22.7 Å². The van der Waals surface area contributed by atoms with Gasteiger partial charge in [-0.3, -0.25) is 0 Å². The molecule has 1 unspecified atom stereocenters. The van der Waals surface area contributed by atoms with Gasteiger partial charge in [-0.05, 0) is 64.4 Å². The Labute approximate surface area is 223 Å². The number of ether oxygens (including phenoxy) is 2. The van der Waals surface area contributed by atoms with E-state index in [1.54, 1.807) is 59.1 Å². The molecule has 0 aliphatic heterocycles. The number of carbonyl (C=O) groups excluding carboxylic acids is 1. The molecule has 1 aromatic heterocycles. The third-order valence-electron chi connectivity index (χ3n) is 5.33. The van der Waals surface area contributed by atoms with Crippen molar-refractivity contribution in [3.63, 3.8) is 0 Å². The maximum Gasteiger partial charge on any atom is 0.425 e. The zero-order valence-electron chi connectivity index (χ0n) is 22.2. The van der Waals surface area contributed by atoms with E-state index in [9.17, 15) is 13.2 Å². The van der Waals surface area contributed by atoms with Crippen LogP contribution in [0, 0.1) is 18.3 Å². The first-order valence-electron chi connectivity index (χ1n) is 11.8. The number of nitriles is 1. The van der Waals surface area contributed by atoms with Gasteiger partial charge in [-0.25, -0.2) is 23.2 Å². The van der Waals surface area contributed by atoms with Crippen molar-refractivity contribution in [2.24, 2.45) is 0 Å². The number of rotatable bonds is 8. The van der Waals surface area contributed by atoms with Gasteiger partial charge in [0.15, 0.2) is 0 Å². The van der Waals surface area contributed by atoms with Crippen LogP contribution >= 0.6 is 0 Å². The number of anilines is 1. The average molecular weight is 538 g/mol. The number of hydrogen-bond donors (Lipinski definition) is 1. The van der Waals surface area contributed by atoms with E-state index < -0.39 is 28.3 Å². The number of methoxy groups -OCH3 is 1. The molecular formula is C27H31N5O5S. The highest BCUT2D eigenvalue weighted by atomic mass is 32.2. The van der Waals surface area contributed by atoms with E-state index >= 15 is 0 Å². The number of aryl methyl sites for hydroxylation is 1. The normalized spacial score (nSPS) is 12.2. The Balaban J connectivity index is 1.89. The summed E-state index contributed by atoms with van der Waals surface area (Å²) in [6.07, 6.45) is -1.11. The minimum absolute atomic E-state index is 0.138. The fraction of sp³-hybridized carbons (Fsp3) is 0.333. The number of amides is 1. The molecule has 0 radical (unpaired) electrons. The Hall–Kier alpha value is -4.17. The number of aromatic nitrogens is 2. The van der Waals surface area contributed by atoms with Crippen LogP contribution in [0.25, 0.3) is 11.3 Å². The molecule has 0 aliphatic carbocycles. The summed E-state index contributed by atoms with van der Waals surface area (Å²) in [5.41, 5.74) is 1.26. The van der Waals surface area contributed by atoms with Gasteiger partial charge in [0, 0.05) is 17.7 Å². The summed E-state index contributed by atoms with van der Waals surface area (Å²) in [7, 11) is -2.75. The summed E-state index contributed by atoms with van der Waals surface area (Å²) in [6.45, 7) is 7.81. The van der Waals surface area contributed by atoms with Crippen LogP contribution in [0.15, 0.2) is 59.5 Å². The highest BCUT2D eigenvalue weighted by Crippen LogP contribution is 2.27. The van der Waals surface area contributed by atoms with Crippen molar-refractivity contribution in [3.8, 4) is 23.1 Å². The lowest BCUT2D eigenvalue weighted by Crippen LogP contribution is -2.41. The van der Waals surface area contributed by atoms with E-state index in [2.05, 4.69) is 15.3 Å². The largest absolute Gasteiger partial charge is 0.497 e. The molecule has 0 spiro atoms. The van der Waals surface area contributed by atoms with Gasteiger partial charge in [-0.2, -0.15) is 9.57 Å². The van der Waals surface area contributed by atoms with Crippen molar-refractivity contribution in [1.82, 2.24) is 14.3 Å². The van der Waals surface area contributed by atoms with E-state index in [1.807, 2.05) is 31.2 Å². The second-order valence-electron chi connectivity index (χ2n) is 9.51. The summed E-state index contributed by atoms with van der Waals surface area (Å²) in [6, 6.07) is 16.8. The van der Waals surface area contributed by atoms with Gasteiger partial charge < -0.3 is 14.8 Å². The van der Waals surface area contributed by atoms with Gasteiger partial charge in [0.2, 0.25) is 0 Å². The Morgan fingerprint density at radius 1 is 1.13 bits per heavy atom. The lowest BCUT2D eigenvalue weighted by atomic mass is 10.1. The number of benzene rings is 2. The lowest BCUT2D eigenvalue weighted by molar-refractivity contribution is 0.0406. The van der Waals surface area contributed by atoms with Crippen molar-refractivity contribution in [3.05, 3.63) is 66.0 Å². The topological polar surface area (TPSA) is 135 Å². The maximum atomic E-state index is 13.3. The van der Waals surface area contributed by atoms with Crippen LogP contribution in [-0.4, -0.2) is 48.0 Å². The lowest BCUT2D eigenvalue weighted by Gasteiger charge is -2.25. The number of hydrogen-bond acceptors (Lipinski definition) is 9. The summed E-state index contributed by atoms with van der Waals surface area (Å²) < 4.78 is 37.6. The summed E-state index contributed by atoms with van der Waals surface area (Å²) >= 11 is 0. The first kappa shape index (κ1) is 28.4. The summed E-state index contributed by atoms with van der Waals surface area (Å²) in [4.78, 5) is 21.4. The maximum absolute atomic E-state index is 13.3. The van der Waals surface area contributed by atoms with Crippen molar-refractivity contribution >= 4 is 21.9 Å². The summed E-state index contributed by atoms with van der Waals surface area (Å²) in [5, 5.41) is 12.5. The summed E-state index contributed by atoms with van der Waals surface area (Å²) in [5.74, 6) is 1.81. The number of nitrogens with one attached hydrogen (secondary N) is 1. The predicted molar refractivity (Wildman–Crippen MR) is 143 cm³/mol. The van der Waals surface area contributed by atoms with Gasteiger partial charge in [0.1, 0.15) is 29.5 Å². The molecule has 3 aromatic rings. The third-order valence-corrected chi connectivity index (χ3v) is 7.03. The molecule has 38 heavy (non-hydrogen) atoms. The predicted octanol–water partition coefficient (Wildman–Crippen LogP) is 5.08. The number of carbonyl (C=O) groups is 1. The number of sulfonamides is 1. The van der Waals surface area contributed by atoms with E-state index in [4.69, 9.17) is 14.7 Å². The smallest absolute Gasteiger partial charge is 0.425 e. The Bertz CT molecular complexity index is 1460. The van der Waals surface area contributed by atoms with Gasteiger partial charge in [-0.1, -0.05) is 24.3 Å². The number of nitrogens with zero attached hydrogens (tertiary/aromatic N) is 4. The highest BCUT2D eigenvalue weighted by Gasteiger charge is 2.33. The quantitative estimate of drug-likeness (QED) is 0.390. The molecule has 11 heteroatoms. The first-order chi connectivity index (χ1) is 17.8. The van der Waals surface area contributed by atoms with Crippen LogP contribution < -0.4 is 10.1 Å². The molecule has 0 saturated heterocycles. The molecule has 0 bridgehead atoms. The van der Waals surface area contributed by atoms with E-state index in [-0.39, 0.29) is 10.9 Å². The molecule has 0 saturated carbocycles. The zero-order chi connectivity index (χ0) is 28.1. The minimum Gasteiger partial charge on any atom is -0.497 e. The minimum atomic E-state index is -4.35. The van der Waals surface area contributed by atoms with E-state index in [1.165, 1.54) is 12.1 Å². The fourth-order valence-corrected chi connectivity index (χ4v) is 4.82. The van der Waals surface area contributed by atoms with Crippen molar-refractivity contribution in [2.75, 3.05) is 19.0 Å². The fourth-order valence-electron chi connectivity index (χ4n) is 3.57. The molecule has 1 amide bonds. The van der Waals surface area contributed by atoms with Gasteiger partial charge in [0.05, 0.1) is 23.8 Å². The monoisotopic (exact) mass is 537 g/mol. The van der Waals surface area contributed by atoms with Crippen LogP contribution in [0.1, 0.15) is 45.1 Å². The van der Waals surface area contributed by atoms with Crippen LogP contribution in [0.2, 0.25) is 0 Å². The molecular weight excluding hydrogens is 506 g/mol. The molecule has 0 fully saturated rings. The molecule has 200 valence electrons. The SMILES string of the molecule is COc1cccc(-c2cc(NC(C)c3cccc(S(=O)(=O)N(CC#N)C(=O)OC(C)(C)C)c3)nc(C)n2)c1.